The van der Waals surface area contributed by atoms with Gasteiger partial charge in [-0.05, 0) is 0 Å². The van der Waals surface area contributed by atoms with E-state index in [1.807, 2.05) is 0 Å². The highest BCUT2D eigenvalue weighted by Gasteiger charge is 2.38. The van der Waals surface area contributed by atoms with Crippen LogP contribution in [-0.4, -0.2) is 12.1 Å². The SMILES string of the molecule is C=COC(C)=O.FC(F)=C(F)C(F)(F)F. The second-order valence-corrected chi connectivity index (χ2v) is 1.85. The Morgan fingerprint density at radius 3 is 1.67 bits per heavy atom. The second kappa shape index (κ2) is 6.91. The van der Waals surface area contributed by atoms with Crippen LogP contribution in [-0.2, 0) is 9.53 Å². The minimum atomic E-state index is -5.56. The molecule has 0 aliphatic heterocycles. The molecule has 0 unspecified atom stereocenters. The standard InChI is InChI=1S/C4H6O2.C3F6/c1-3-6-4(2)5;4-1(2(5)6)3(7,8)9/h3H,1H2,2H3;. The van der Waals surface area contributed by atoms with Crippen LogP contribution in [0.5, 0.6) is 0 Å². The molecule has 0 aliphatic carbocycles. The highest BCUT2D eigenvalue weighted by molar-refractivity contribution is 5.66. The van der Waals surface area contributed by atoms with Crippen molar-refractivity contribution in [3.05, 3.63) is 24.7 Å². The highest BCUT2D eigenvalue weighted by atomic mass is 19.4. The average molecular weight is 236 g/mol. The van der Waals surface area contributed by atoms with E-state index in [-0.39, 0.29) is 5.97 Å². The molecule has 0 aliphatic rings. The Morgan fingerprint density at radius 2 is 1.67 bits per heavy atom. The molecule has 0 aromatic rings. The van der Waals surface area contributed by atoms with E-state index in [0.717, 1.165) is 6.26 Å². The smallest absolute Gasteiger partial charge is 0.435 e. The van der Waals surface area contributed by atoms with Crippen LogP contribution in [0.25, 0.3) is 0 Å². The van der Waals surface area contributed by atoms with Gasteiger partial charge in [0.15, 0.2) is 0 Å². The number of hydrogen-bond acceptors (Lipinski definition) is 2. The quantitative estimate of drug-likeness (QED) is 0.396. The predicted molar refractivity (Wildman–Crippen MR) is 38.4 cm³/mol. The number of hydrogen-bond donors (Lipinski definition) is 0. The zero-order chi connectivity index (χ0) is 12.6. The molecule has 8 heteroatoms. The number of alkyl halides is 3. The van der Waals surface area contributed by atoms with Crippen molar-refractivity contribution in [3.63, 3.8) is 0 Å². The van der Waals surface area contributed by atoms with Crippen LogP contribution in [0.1, 0.15) is 6.92 Å². The molecule has 0 radical (unpaired) electrons. The Kier molecular flexibility index (Phi) is 7.36. The molecule has 0 aromatic heterocycles. The van der Waals surface area contributed by atoms with E-state index in [9.17, 15) is 31.1 Å². The molecule has 0 atom stereocenters. The monoisotopic (exact) mass is 236 g/mol. The van der Waals surface area contributed by atoms with E-state index in [4.69, 9.17) is 0 Å². The van der Waals surface area contributed by atoms with Gasteiger partial charge in [-0.3, -0.25) is 4.79 Å². The van der Waals surface area contributed by atoms with Crippen molar-refractivity contribution < 1.29 is 35.9 Å². The summed E-state index contributed by atoms with van der Waals surface area (Å²) in [5.74, 6) is -3.66. The maximum atomic E-state index is 11.0. The molecule has 0 aromatic carbocycles. The topological polar surface area (TPSA) is 26.3 Å². The largest absolute Gasteiger partial charge is 0.448 e. The summed E-state index contributed by atoms with van der Waals surface area (Å²) in [6.45, 7) is 4.48. The predicted octanol–water partition coefficient (Wildman–Crippen LogP) is 3.32. The number of carbonyl (C=O) groups excluding carboxylic acids is 1. The minimum absolute atomic E-state index is 0.329. The Morgan fingerprint density at radius 1 is 1.27 bits per heavy atom. The lowest BCUT2D eigenvalue weighted by molar-refractivity contribution is -0.135. The maximum Gasteiger partial charge on any atom is 0.448 e. The van der Waals surface area contributed by atoms with Gasteiger partial charge in [-0.15, -0.1) is 0 Å². The third kappa shape index (κ3) is 10.5. The summed E-state index contributed by atoms with van der Waals surface area (Å²) in [7, 11) is 0. The molecule has 0 N–H and O–H groups in total. The molecule has 0 amide bonds. The van der Waals surface area contributed by atoms with Gasteiger partial charge in [-0.2, -0.15) is 26.3 Å². The van der Waals surface area contributed by atoms with Crippen molar-refractivity contribution >= 4 is 5.97 Å². The third-order valence-corrected chi connectivity index (χ3v) is 0.664. The normalized spacial score (nSPS) is 9.53. The molecule has 15 heavy (non-hydrogen) atoms. The lowest BCUT2D eigenvalue weighted by atomic mass is 10.6. The van der Waals surface area contributed by atoms with Gasteiger partial charge in [0.05, 0.1) is 6.26 Å². The third-order valence-electron chi connectivity index (χ3n) is 0.664. The Balaban J connectivity index is 0. The summed E-state index contributed by atoms with van der Waals surface area (Å²) in [6.07, 6.45) is -7.80. The van der Waals surface area contributed by atoms with Gasteiger partial charge in [0, 0.05) is 6.92 Å². The summed E-state index contributed by atoms with van der Waals surface area (Å²) in [6, 6.07) is 0. The molecule has 0 saturated heterocycles. The van der Waals surface area contributed by atoms with Gasteiger partial charge in [0.25, 0.3) is 5.83 Å². The number of allylic oxidation sites excluding steroid dienone is 1. The van der Waals surface area contributed by atoms with Gasteiger partial charge < -0.3 is 4.74 Å². The van der Waals surface area contributed by atoms with Gasteiger partial charge in [-0.25, -0.2) is 0 Å². The summed E-state index contributed by atoms with van der Waals surface area (Å²) in [5, 5.41) is 0. The molecule has 2 nitrogen and oxygen atoms in total. The first-order valence-electron chi connectivity index (χ1n) is 3.19. The lowest BCUT2D eigenvalue weighted by Gasteiger charge is -1.98. The first-order chi connectivity index (χ1) is 6.62. The van der Waals surface area contributed by atoms with Crippen LogP contribution in [0.15, 0.2) is 24.7 Å². The summed E-state index contributed by atoms with van der Waals surface area (Å²) in [5.41, 5.74) is 0. The maximum absolute atomic E-state index is 11.0. The van der Waals surface area contributed by atoms with E-state index < -0.39 is 18.1 Å². The zero-order valence-electron chi connectivity index (χ0n) is 7.37. The summed E-state index contributed by atoms with van der Waals surface area (Å²) in [4.78, 5) is 9.75. The summed E-state index contributed by atoms with van der Waals surface area (Å²) < 4.78 is 69.0. The molecular weight excluding hydrogens is 230 g/mol. The van der Waals surface area contributed by atoms with E-state index in [2.05, 4.69) is 11.3 Å². The fourth-order valence-corrected chi connectivity index (χ4v) is 0.224. The van der Waals surface area contributed by atoms with Gasteiger partial charge in [0.1, 0.15) is 0 Å². The molecule has 0 heterocycles. The highest BCUT2D eigenvalue weighted by Crippen LogP contribution is 2.29. The number of ether oxygens (including phenoxy) is 1. The van der Waals surface area contributed by atoms with Gasteiger partial charge in [0.2, 0.25) is 0 Å². The number of esters is 1. The Bertz CT molecular complexity index is 251. The van der Waals surface area contributed by atoms with Gasteiger partial charge >= 0.3 is 18.2 Å². The molecule has 88 valence electrons. The number of carbonyl (C=O) groups is 1. The van der Waals surface area contributed by atoms with Crippen molar-refractivity contribution in [2.75, 3.05) is 0 Å². The fourth-order valence-electron chi connectivity index (χ4n) is 0.224. The lowest BCUT2D eigenvalue weighted by Crippen LogP contribution is -2.08. The fraction of sp³-hybridized carbons (Fsp3) is 0.286. The van der Waals surface area contributed by atoms with Crippen molar-refractivity contribution in [3.8, 4) is 0 Å². The molecular formula is C7H6F6O2. The van der Waals surface area contributed by atoms with E-state index in [1.165, 1.54) is 6.92 Å². The Labute approximate surface area is 80.8 Å². The molecule has 0 saturated carbocycles. The van der Waals surface area contributed by atoms with Crippen LogP contribution in [0.4, 0.5) is 26.3 Å². The number of halogens is 6. The number of rotatable bonds is 1. The van der Waals surface area contributed by atoms with E-state index in [1.54, 1.807) is 0 Å². The first kappa shape index (κ1) is 16.0. The average Bonchev–Trinajstić information content (AvgIpc) is 2.01. The van der Waals surface area contributed by atoms with Crippen LogP contribution < -0.4 is 0 Å². The second-order valence-electron chi connectivity index (χ2n) is 1.85. The van der Waals surface area contributed by atoms with Crippen molar-refractivity contribution in [1.82, 2.24) is 0 Å². The van der Waals surface area contributed by atoms with Gasteiger partial charge in [-0.1, -0.05) is 6.58 Å². The van der Waals surface area contributed by atoms with Crippen LogP contribution in [0, 0.1) is 0 Å². The van der Waals surface area contributed by atoms with Crippen molar-refractivity contribution in [1.29, 1.82) is 0 Å². The Hall–Kier alpha value is -1.47. The van der Waals surface area contributed by atoms with E-state index >= 15 is 0 Å². The molecule has 0 spiro atoms. The van der Waals surface area contributed by atoms with E-state index in [0.29, 0.717) is 0 Å². The molecule has 0 bridgehead atoms. The minimum Gasteiger partial charge on any atom is -0.435 e. The molecule has 0 rings (SSSR count). The van der Waals surface area contributed by atoms with Crippen LogP contribution >= 0.6 is 0 Å². The van der Waals surface area contributed by atoms with Crippen LogP contribution in [0.3, 0.4) is 0 Å². The van der Waals surface area contributed by atoms with Crippen LogP contribution in [0.2, 0.25) is 0 Å². The molecule has 0 fully saturated rings. The zero-order valence-corrected chi connectivity index (χ0v) is 7.37. The first-order valence-corrected chi connectivity index (χ1v) is 3.19. The van der Waals surface area contributed by atoms with Crippen molar-refractivity contribution in [2.24, 2.45) is 0 Å². The summed E-state index contributed by atoms with van der Waals surface area (Å²) >= 11 is 0. The van der Waals surface area contributed by atoms with Crippen molar-refractivity contribution in [2.45, 2.75) is 13.1 Å².